The summed E-state index contributed by atoms with van der Waals surface area (Å²) in [5.74, 6) is -2.07. The Hall–Kier alpha value is -2.20. The third-order valence-electron chi connectivity index (χ3n) is 6.19. The SMILES string of the molecule is COCc1cc2c(cc1Cl)OCCN([C@H](C(=O)OC(C)(C)C)C(C)c1c(F)ccc(C)c1C)S2(=O)=O. The van der Waals surface area contributed by atoms with Crippen molar-refractivity contribution in [1.82, 2.24) is 4.31 Å². The van der Waals surface area contributed by atoms with E-state index in [2.05, 4.69) is 0 Å². The third kappa shape index (κ3) is 5.69. The van der Waals surface area contributed by atoms with E-state index < -0.39 is 39.4 Å². The number of aryl methyl sites for hydroxylation is 1. The van der Waals surface area contributed by atoms with Crippen molar-refractivity contribution < 1.29 is 31.8 Å². The highest BCUT2D eigenvalue weighted by Crippen LogP contribution is 2.39. The van der Waals surface area contributed by atoms with Crippen LogP contribution in [0.4, 0.5) is 4.39 Å². The Morgan fingerprint density at radius 2 is 1.92 bits per heavy atom. The van der Waals surface area contributed by atoms with Crippen LogP contribution in [0, 0.1) is 19.7 Å². The summed E-state index contributed by atoms with van der Waals surface area (Å²) in [6.07, 6.45) is 0. The largest absolute Gasteiger partial charge is 0.491 e. The molecule has 0 saturated carbocycles. The molecule has 7 nitrogen and oxygen atoms in total. The van der Waals surface area contributed by atoms with E-state index in [9.17, 15) is 13.2 Å². The monoisotopic (exact) mass is 541 g/mol. The molecule has 3 rings (SSSR count). The van der Waals surface area contributed by atoms with Gasteiger partial charge in [0, 0.05) is 30.7 Å². The van der Waals surface area contributed by atoms with E-state index in [1.165, 1.54) is 25.3 Å². The maximum Gasteiger partial charge on any atom is 0.325 e. The van der Waals surface area contributed by atoms with Gasteiger partial charge in [-0.05, 0) is 69.0 Å². The molecule has 198 valence electrons. The molecular weight excluding hydrogens is 509 g/mol. The minimum Gasteiger partial charge on any atom is -0.491 e. The van der Waals surface area contributed by atoms with Gasteiger partial charge < -0.3 is 14.2 Å². The van der Waals surface area contributed by atoms with Crippen molar-refractivity contribution in [3.8, 4) is 5.75 Å². The highest BCUT2D eigenvalue weighted by Gasteiger charge is 2.45. The molecular formula is C26H33ClFNO6S. The van der Waals surface area contributed by atoms with Crippen LogP contribution in [0.25, 0.3) is 0 Å². The van der Waals surface area contributed by atoms with E-state index in [4.69, 9.17) is 25.8 Å². The van der Waals surface area contributed by atoms with Crippen LogP contribution in [0.15, 0.2) is 29.2 Å². The van der Waals surface area contributed by atoms with Crippen molar-refractivity contribution in [2.75, 3.05) is 20.3 Å². The minimum absolute atomic E-state index is 0.0342. The van der Waals surface area contributed by atoms with E-state index in [0.29, 0.717) is 16.1 Å². The summed E-state index contributed by atoms with van der Waals surface area (Å²) in [7, 11) is -2.82. The van der Waals surface area contributed by atoms with E-state index >= 15 is 4.39 Å². The Morgan fingerprint density at radius 1 is 1.25 bits per heavy atom. The lowest BCUT2D eigenvalue weighted by Gasteiger charge is -2.35. The normalized spacial score (nSPS) is 17.5. The number of hydrogen-bond donors (Lipinski definition) is 0. The predicted octanol–water partition coefficient (Wildman–Crippen LogP) is 5.14. The Kier molecular flexibility index (Phi) is 8.40. The van der Waals surface area contributed by atoms with Crippen LogP contribution >= 0.6 is 11.6 Å². The number of carbonyl (C=O) groups excluding carboxylic acids is 1. The van der Waals surface area contributed by atoms with Gasteiger partial charge in [0.1, 0.15) is 34.7 Å². The molecule has 0 aliphatic carbocycles. The molecule has 0 radical (unpaired) electrons. The first-order valence-electron chi connectivity index (χ1n) is 11.6. The topological polar surface area (TPSA) is 82.1 Å². The Balaban J connectivity index is 2.21. The summed E-state index contributed by atoms with van der Waals surface area (Å²) in [4.78, 5) is 13.4. The number of carbonyl (C=O) groups is 1. The van der Waals surface area contributed by atoms with E-state index in [1.54, 1.807) is 40.7 Å². The molecule has 1 aliphatic heterocycles. The molecule has 0 saturated heterocycles. The highest BCUT2D eigenvalue weighted by molar-refractivity contribution is 7.89. The lowest BCUT2D eigenvalue weighted by Crippen LogP contribution is -2.50. The molecule has 1 aliphatic rings. The number of ether oxygens (including phenoxy) is 3. The zero-order valence-electron chi connectivity index (χ0n) is 21.6. The molecule has 0 N–H and O–H groups in total. The predicted molar refractivity (Wildman–Crippen MR) is 135 cm³/mol. The number of sulfonamides is 1. The van der Waals surface area contributed by atoms with Crippen LogP contribution in [0.5, 0.6) is 5.75 Å². The molecule has 10 heteroatoms. The number of methoxy groups -OCH3 is 1. The number of benzene rings is 2. The molecule has 0 aromatic heterocycles. The summed E-state index contributed by atoms with van der Waals surface area (Å²) >= 11 is 6.30. The molecule has 0 spiro atoms. The summed E-state index contributed by atoms with van der Waals surface area (Å²) in [6.45, 7) is 10.2. The van der Waals surface area contributed by atoms with Crippen LogP contribution in [0.1, 0.15) is 55.9 Å². The second-order valence-corrected chi connectivity index (χ2v) is 12.2. The van der Waals surface area contributed by atoms with Crippen molar-refractivity contribution >= 4 is 27.6 Å². The van der Waals surface area contributed by atoms with Crippen LogP contribution in [-0.2, 0) is 30.9 Å². The molecule has 0 fully saturated rings. The fraction of sp³-hybridized carbons (Fsp3) is 0.500. The van der Waals surface area contributed by atoms with Gasteiger partial charge in [0.2, 0.25) is 10.0 Å². The summed E-state index contributed by atoms with van der Waals surface area (Å²) in [6, 6.07) is 4.46. The van der Waals surface area contributed by atoms with Crippen molar-refractivity contribution in [2.24, 2.45) is 0 Å². The van der Waals surface area contributed by atoms with Gasteiger partial charge in [-0.3, -0.25) is 4.79 Å². The fourth-order valence-corrected chi connectivity index (χ4v) is 6.40. The van der Waals surface area contributed by atoms with Crippen LogP contribution in [0.2, 0.25) is 5.02 Å². The summed E-state index contributed by atoms with van der Waals surface area (Å²) < 4.78 is 60.8. The van der Waals surface area contributed by atoms with Crippen LogP contribution < -0.4 is 4.74 Å². The molecule has 1 unspecified atom stereocenters. The van der Waals surface area contributed by atoms with Crippen molar-refractivity contribution in [3.05, 3.63) is 57.4 Å². The number of nitrogens with zero attached hydrogens (tertiary/aromatic N) is 1. The summed E-state index contributed by atoms with van der Waals surface area (Å²) in [5.41, 5.74) is 1.30. The maximum atomic E-state index is 15.1. The third-order valence-corrected chi connectivity index (χ3v) is 8.44. The van der Waals surface area contributed by atoms with Crippen LogP contribution in [0.3, 0.4) is 0 Å². The first kappa shape index (κ1) is 28.4. The first-order chi connectivity index (χ1) is 16.7. The van der Waals surface area contributed by atoms with E-state index in [0.717, 1.165) is 9.87 Å². The number of rotatable bonds is 6. The molecule has 0 amide bonds. The van der Waals surface area contributed by atoms with Gasteiger partial charge in [-0.1, -0.05) is 24.6 Å². The number of halogens is 2. The number of hydrogen-bond acceptors (Lipinski definition) is 6. The number of esters is 1. The van der Waals surface area contributed by atoms with Crippen molar-refractivity contribution in [1.29, 1.82) is 0 Å². The quantitative estimate of drug-likeness (QED) is 0.471. The van der Waals surface area contributed by atoms with E-state index in [1.807, 2.05) is 6.92 Å². The molecule has 36 heavy (non-hydrogen) atoms. The fourth-order valence-electron chi connectivity index (χ4n) is 4.39. The molecule has 2 aromatic carbocycles. The van der Waals surface area contributed by atoms with Crippen molar-refractivity contribution in [2.45, 2.75) is 70.6 Å². The lowest BCUT2D eigenvalue weighted by molar-refractivity contribution is -0.160. The Morgan fingerprint density at radius 3 is 2.53 bits per heavy atom. The van der Waals surface area contributed by atoms with Gasteiger partial charge in [0.15, 0.2) is 0 Å². The smallest absolute Gasteiger partial charge is 0.325 e. The molecule has 1 heterocycles. The van der Waals surface area contributed by atoms with Crippen molar-refractivity contribution in [3.63, 3.8) is 0 Å². The average molecular weight is 542 g/mol. The highest BCUT2D eigenvalue weighted by atomic mass is 35.5. The molecule has 2 aromatic rings. The summed E-state index contributed by atoms with van der Waals surface area (Å²) in [5, 5.41) is 0.300. The minimum atomic E-state index is -4.29. The zero-order chi connectivity index (χ0) is 27.0. The van der Waals surface area contributed by atoms with Gasteiger partial charge in [0.05, 0.1) is 6.61 Å². The first-order valence-corrected chi connectivity index (χ1v) is 13.4. The zero-order valence-corrected chi connectivity index (χ0v) is 23.2. The average Bonchev–Trinajstić information content (AvgIpc) is 2.87. The van der Waals surface area contributed by atoms with Gasteiger partial charge in [-0.25, -0.2) is 12.8 Å². The lowest BCUT2D eigenvalue weighted by atomic mass is 9.87. The van der Waals surface area contributed by atoms with Crippen LogP contribution in [-0.4, -0.2) is 50.6 Å². The molecule has 2 atom stereocenters. The Labute approximate surface area is 217 Å². The molecule has 0 bridgehead atoms. The second kappa shape index (κ2) is 10.7. The van der Waals surface area contributed by atoms with E-state index in [-0.39, 0.29) is 36.0 Å². The standard InChI is InChI=1S/C26H33ClFNO6S/c1-15-8-9-20(28)23(16(15)2)17(3)24(25(30)35-26(4,5)6)29-10-11-34-21-13-19(27)18(14-33-7)12-22(21)36(29,31)32/h8-9,12-13,17,24H,10-11,14H2,1-7H3/t17?,24-/m0/s1. The maximum absolute atomic E-state index is 15.1. The number of fused-ring (bicyclic) bond motifs is 1. The van der Waals surface area contributed by atoms with Gasteiger partial charge in [-0.15, -0.1) is 0 Å². The second-order valence-electron chi connectivity index (χ2n) is 9.96. The Bertz CT molecular complexity index is 1260. The van der Waals surface area contributed by atoms with Gasteiger partial charge in [-0.2, -0.15) is 4.31 Å². The van der Waals surface area contributed by atoms with Gasteiger partial charge in [0.25, 0.3) is 0 Å². The van der Waals surface area contributed by atoms with Gasteiger partial charge >= 0.3 is 5.97 Å².